The molecule has 6 nitrogen and oxygen atoms in total. The first-order valence-corrected chi connectivity index (χ1v) is 9.03. The number of esters is 1. The molecule has 0 amide bonds. The van der Waals surface area contributed by atoms with Gasteiger partial charge in [0, 0.05) is 4.90 Å². The molecule has 1 aliphatic carbocycles. The van der Waals surface area contributed by atoms with Gasteiger partial charge in [0.2, 0.25) is 0 Å². The van der Waals surface area contributed by atoms with E-state index in [1.54, 1.807) is 6.92 Å². The summed E-state index contributed by atoms with van der Waals surface area (Å²) in [7, 11) is 0. The Hall–Kier alpha value is -1.86. The van der Waals surface area contributed by atoms with Crippen molar-refractivity contribution in [1.82, 2.24) is 5.43 Å². The molecule has 0 spiro atoms. The number of thioether (sulfide) groups is 1. The minimum absolute atomic E-state index is 0.0560. The second-order valence-electron chi connectivity index (χ2n) is 5.56. The second-order valence-corrected chi connectivity index (χ2v) is 6.67. The van der Waals surface area contributed by atoms with Gasteiger partial charge in [0.1, 0.15) is 10.8 Å². The van der Waals surface area contributed by atoms with Crippen LogP contribution in [-0.4, -0.2) is 18.7 Å². The fraction of sp³-hybridized carbons (Fsp3) is 0.471. The first-order chi connectivity index (χ1) is 11.6. The van der Waals surface area contributed by atoms with Gasteiger partial charge in [-0.2, -0.15) is 0 Å². The number of nitrogens with two attached hydrogens (primary N) is 2. The van der Waals surface area contributed by atoms with E-state index in [2.05, 4.69) is 5.43 Å². The Kier molecular flexibility index (Phi) is 7.27. The van der Waals surface area contributed by atoms with Crippen LogP contribution >= 0.6 is 11.8 Å². The van der Waals surface area contributed by atoms with Crippen LogP contribution < -0.4 is 21.7 Å². The molecule has 1 aliphatic rings. The third-order valence-corrected chi connectivity index (χ3v) is 4.67. The van der Waals surface area contributed by atoms with Crippen LogP contribution in [0.5, 0.6) is 5.75 Å². The summed E-state index contributed by atoms with van der Waals surface area (Å²) >= 11 is 1.24. The number of nitrogens with one attached hydrogen (secondary N) is 1. The third-order valence-electron chi connectivity index (χ3n) is 3.76. The second kappa shape index (κ2) is 9.44. The van der Waals surface area contributed by atoms with E-state index in [-0.39, 0.29) is 23.4 Å². The largest absolute Gasteiger partial charge is 0.490 e. The van der Waals surface area contributed by atoms with Crippen molar-refractivity contribution in [3.8, 4) is 5.75 Å². The Labute approximate surface area is 146 Å². The van der Waals surface area contributed by atoms with Crippen molar-refractivity contribution in [2.24, 2.45) is 11.6 Å². The van der Waals surface area contributed by atoms with E-state index in [1.807, 2.05) is 24.3 Å². The van der Waals surface area contributed by atoms with Crippen LogP contribution in [0.2, 0.25) is 0 Å². The average molecular weight is 351 g/mol. The zero-order valence-corrected chi connectivity index (χ0v) is 14.7. The number of hydrogen-bond acceptors (Lipinski definition) is 7. The van der Waals surface area contributed by atoms with Crippen molar-refractivity contribution in [3.63, 3.8) is 0 Å². The van der Waals surface area contributed by atoms with Crippen molar-refractivity contribution >= 4 is 17.7 Å². The number of carbonyl (C=O) groups is 1. The lowest BCUT2D eigenvalue weighted by Crippen LogP contribution is -2.30. The molecule has 2 rings (SSSR count). The highest BCUT2D eigenvalue weighted by molar-refractivity contribution is 8.03. The van der Waals surface area contributed by atoms with Gasteiger partial charge < -0.3 is 20.6 Å². The number of hydrazine groups is 1. The van der Waals surface area contributed by atoms with E-state index in [0.29, 0.717) is 0 Å². The van der Waals surface area contributed by atoms with Gasteiger partial charge in [-0.15, -0.1) is 0 Å². The van der Waals surface area contributed by atoms with Gasteiger partial charge in [-0.25, -0.2) is 4.79 Å². The molecule has 0 saturated heterocycles. The minimum atomic E-state index is -0.570. The highest BCUT2D eigenvalue weighted by Crippen LogP contribution is 2.30. The molecule has 0 aliphatic heterocycles. The van der Waals surface area contributed by atoms with Crippen molar-refractivity contribution in [3.05, 3.63) is 35.0 Å². The zero-order valence-electron chi connectivity index (χ0n) is 13.9. The number of hydrogen-bond donors (Lipinski definition) is 3. The Balaban J connectivity index is 2.05. The Morgan fingerprint density at radius 3 is 2.75 bits per heavy atom. The van der Waals surface area contributed by atoms with Crippen molar-refractivity contribution in [2.45, 2.75) is 50.0 Å². The molecule has 0 radical (unpaired) electrons. The van der Waals surface area contributed by atoms with Crippen LogP contribution in [0.3, 0.4) is 0 Å². The van der Waals surface area contributed by atoms with E-state index in [1.165, 1.54) is 31.0 Å². The lowest BCUT2D eigenvalue weighted by molar-refractivity contribution is -0.139. The van der Waals surface area contributed by atoms with Crippen molar-refractivity contribution in [1.29, 1.82) is 0 Å². The summed E-state index contributed by atoms with van der Waals surface area (Å²) in [5, 5.41) is 0.255. The number of ether oxygens (including phenoxy) is 2. The Morgan fingerprint density at radius 2 is 2.08 bits per heavy atom. The molecule has 1 saturated carbocycles. The summed E-state index contributed by atoms with van der Waals surface area (Å²) in [5.41, 5.74) is 8.36. The van der Waals surface area contributed by atoms with Crippen LogP contribution in [0.4, 0.5) is 0 Å². The molecular weight excluding hydrogens is 326 g/mol. The van der Waals surface area contributed by atoms with Crippen molar-refractivity contribution in [2.75, 3.05) is 6.61 Å². The summed E-state index contributed by atoms with van der Waals surface area (Å²) in [6.45, 7) is 1.98. The average Bonchev–Trinajstić information content (AvgIpc) is 2.57. The van der Waals surface area contributed by atoms with E-state index >= 15 is 0 Å². The number of benzene rings is 1. The molecule has 5 N–H and O–H groups in total. The summed E-state index contributed by atoms with van der Waals surface area (Å²) in [5.74, 6) is 5.63. The lowest BCUT2D eigenvalue weighted by atomic mass is 9.98. The minimum Gasteiger partial charge on any atom is -0.490 e. The Bertz CT molecular complexity index is 586. The SMILES string of the molecule is CCOC(=O)/C(NN)=C(/N)Sc1cccc(OC2CCCCC2)c1. The first-order valence-electron chi connectivity index (χ1n) is 8.22. The topological polar surface area (TPSA) is 99.6 Å². The molecule has 0 bridgehead atoms. The molecule has 0 heterocycles. The van der Waals surface area contributed by atoms with Crippen molar-refractivity contribution < 1.29 is 14.3 Å². The van der Waals surface area contributed by atoms with Gasteiger partial charge in [0.25, 0.3) is 0 Å². The van der Waals surface area contributed by atoms with Gasteiger partial charge in [-0.3, -0.25) is 5.84 Å². The fourth-order valence-corrected chi connectivity index (χ4v) is 3.42. The molecule has 0 aromatic heterocycles. The lowest BCUT2D eigenvalue weighted by Gasteiger charge is -2.23. The normalized spacial score (nSPS) is 16.2. The summed E-state index contributed by atoms with van der Waals surface area (Å²) in [6, 6.07) is 7.68. The van der Waals surface area contributed by atoms with Gasteiger partial charge in [0.05, 0.1) is 12.7 Å². The van der Waals surface area contributed by atoms with Crippen LogP contribution in [-0.2, 0) is 9.53 Å². The summed E-state index contributed by atoms with van der Waals surface area (Å²) in [4.78, 5) is 12.7. The standard InChI is InChI=1S/C17H25N3O3S/c1-2-22-17(21)15(20-19)16(18)24-14-10-6-9-13(11-14)23-12-7-4-3-5-8-12/h6,9-12,20H,2-5,7-8,18-19H2,1H3/b16-15+. The molecule has 132 valence electrons. The zero-order chi connectivity index (χ0) is 17.4. The maximum atomic E-state index is 11.8. The van der Waals surface area contributed by atoms with Crippen LogP contribution in [0.15, 0.2) is 39.9 Å². The first kappa shape index (κ1) is 18.5. The summed E-state index contributed by atoms with van der Waals surface area (Å²) in [6.07, 6.45) is 6.22. The molecular formula is C17H25N3O3S. The molecule has 0 atom stereocenters. The fourth-order valence-electron chi connectivity index (χ4n) is 2.60. The van der Waals surface area contributed by atoms with Gasteiger partial charge in [-0.1, -0.05) is 24.2 Å². The van der Waals surface area contributed by atoms with Gasteiger partial charge in [0.15, 0.2) is 5.70 Å². The maximum Gasteiger partial charge on any atom is 0.358 e. The quantitative estimate of drug-likeness (QED) is 0.228. The molecule has 1 aromatic carbocycles. The molecule has 1 fully saturated rings. The van der Waals surface area contributed by atoms with Crippen LogP contribution in [0, 0.1) is 0 Å². The smallest absolute Gasteiger partial charge is 0.358 e. The van der Waals surface area contributed by atoms with Gasteiger partial charge in [-0.05, 0) is 50.8 Å². The van der Waals surface area contributed by atoms with Crippen LogP contribution in [0.25, 0.3) is 0 Å². The Morgan fingerprint density at radius 1 is 1.33 bits per heavy atom. The predicted molar refractivity (Wildman–Crippen MR) is 95.0 cm³/mol. The highest BCUT2D eigenvalue weighted by atomic mass is 32.2. The van der Waals surface area contributed by atoms with Gasteiger partial charge >= 0.3 is 5.97 Å². The summed E-state index contributed by atoms with van der Waals surface area (Å²) < 4.78 is 11.0. The maximum absolute atomic E-state index is 11.8. The predicted octanol–water partition coefficient (Wildman–Crippen LogP) is 2.64. The monoisotopic (exact) mass is 351 g/mol. The number of rotatable bonds is 7. The third kappa shape index (κ3) is 5.35. The van der Waals surface area contributed by atoms with Crippen LogP contribution in [0.1, 0.15) is 39.0 Å². The van der Waals surface area contributed by atoms with E-state index in [9.17, 15) is 4.79 Å². The molecule has 24 heavy (non-hydrogen) atoms. The van der Waals surface area contributed by atoms with E-state index in [4.69, 9.17) is 21.1 Å². The van der Waals surface area contributed by atoms with E-state index < -0.39 is 5.97 Å². The molecule has 7 heteroatoms. The van der Waals surface area contributed by atoms with E-state index in [0.717, 1.165) is 23.5 Å². The highest BCUT2D eigenvalue weighted by Gasteiger charge is 2.17. The molecule has 1 aromatic rings. The number of carbonyl (C=O) groups excluding carboxylic acids is 1. The molecule has 0 unspecified atom stereocenters.